The number of aromatic hydroxyl groups is 1. The molecule has 0 spiro atoms. The van der Waals surface area contributed by atoms with Crippen molar-refractivity contribution in [2.24, 2.45) is 0 Å². The Bertz CT molecular complexity index is 708. The average Bonchev–Trinajstić information content (AvgIpc) is 2.73. The van der Waals surface area contributed by atoms with E-state index in [4.69, 9.17) is 4.74 Å². The van der Waals surface area contributed by atoms with E-state index in [1.165, 1.54) is 6.07 Å². The van der Waals surface area contributed by atoms with E-state index < -0.39 is 0 Å². The molecule has 90 valence electrons. The zero-order valence-corrected chi connectivity index (χ0v) is 9.61. The minimum absolute atomic E-state index is 0.136. The van der Waals surface area contributed by atoms with Crippen molar-refractivity contribution in [2.45, 2.75) is 6.92 Å². The summed E-state index contributed by atoms with van der Waals surface area (Å²) < 4.78 is 7.37. The fraction of sp³-hybridized carbons (Fsp3) is 0.0833. The topological polar surface area (TPSA) is 72.5 Å². The van der Waals surface area contributed by atoms with Gasteiger partial charge in [-0.25, -0.2) is 4.98 Å². The Morgan fingerprint density at radius 1 is 1.28 bits per heavy atom. The van der Waals surface area contributed by atoms with E-state index in [0.29, 0.717) is 17.3 Å². The summed E-state index contributed by atoms with van der Waals surface area (Å²) in [6.07, 6.45) is 3.38. The van der Waals surface area contributed by atoms with Crippen molar-refractivity contribution in [3.63, 3.8) is 0 Å². The fourth-order valence-corrected chi connectivity index (χ4v) is 1.65. The highest BCUT2D eigenvalue weighted by atomic mass is 16.5. The zero-order chi connectivity index (χ0) is 12.5. The molecule has 0 fully saturated rings. The maximum absolute atomic E-state index is 9.37. The molecule has 0 amide bonds. The first-order valence-corrected chi connectivity index (χ1v) is 5.37. The summed E-state index contributed by atoms with van der Waals surface area (Å²) in [4.78, 5) is 4.12. The molecule has 3 aromatic rings. The van der Waals surface area contributed by atoms with E-state index in [1.807, 2.05) is 6.92 Å². The van der Waals surface area contributed by atoms with Crippen molar-refractivity contribution in [1.29, 1.82) is 0 Å². The highest BCUT2D eigenvalue weighted by Gasteiger charge is 2.09. The van der Waals surface area contributed by atoms with Crippen LogP contribution in [-0.4, -0.2) is 24.7 Å². The van der Waals surface area contributed by atoms with E-state index in [1.54, 1.807) is 35.0 Å². The highest BCUT2D eigenvalue weighted by Crippen LogP contribution is 2.25. The van der Waals surface area contributed by atoms with Crippen molar-refractivity contribution in [3.05, 3.63) is 42.5 Å². The van der Waals surface area contributed by atoms with Crippen LogP contribution in [-0.2, 0) is 0 Å². The van der Waals surface area contributed by atoms with Crippen LogP contribution >= 0.6 is 0 Å². The lowest BCUT2D eigenvalue weighted by Gasteiger charge is -2.05. The van der Waals surface area contributed by atoms with Crippen LogP contribution in [0.4, 0.5) is 0 Å². The molecule has 0 bridgehead atoms. The largest absolute Gasteiger partial charge is 0.508 e. The Kier molecular flexibility index (Phi) is 2.33. The van der Waals surface area contributed by atoms with Gasteiger partial charge >= 0.3 is 0 Å². The van der Waals surface area contributed by atoms with Gasteiger partial charge in [-0.15, -0.1) is 10.2 Å². The molecule has 0 aliphatic carbocycles. The van der Waals surface area contributed by atoms with E-state index in [9.17, 15) is 5.11 Å². The normalized spacial score (nSPS) is 10.7. The lowest BCUT2D eigenvalue weighted by molar-refractivity contribution is 0.446. The van der Waals surface area contributed by atoms with Gasteiger partial charge in [-0.05, 0) is 19.1 Å². The minimum Gasteiger partial charge on any atom is -0.508 e. The number of phenols is 1. The van der Waals surface area contributed by atoms with Crippen molar-refractivity contribution in [1.82, 2.24) is 19.6 Å². The Balaban J connectivity index is 2.05. The summed E-state index contributed by atoms with van der Waals surface area (Å²) in [6, 6.07) is 6.50. The van der Waals surface area contributed by atoms with Gasteiger partial charge in [0.25, 0.3) is 5.88 Å². The minimum atomic E-state index is 0.136. The van der Waals surface area contributed by atoms with Crippen LogP contribution < -0.4 is 4.74 Å². The molecule has 0 atom stereocenters. The Morgan fingerprint density at radius 2 is 2.17 bits per heavy atom. The molecule has 3 rings (SSSR count). The standard InChI is InChI=1S/C12H10N4O2/c1-8-14-15-11-12(13-5-6-16(8)11)18-10-4-2-3-9(17)7-10/h2-7,17H,1H3. The van der Waals surface area contributed by atoms with E-state index >= 15 is 0 Å². The first-order chi connectivity index (χ1) is 8.74. The summed E-state index contributed by atoms with van der Waals surface area (Å²) in [5.74, 6) is 1.74. The van der Waals surface area contributed by atoms with Gasteiger partial charge in [0.05, 0.1) is 0 Å². The van der Waals surface area contributed by atoms with Gasteiger partial charge in [0.15, 0.2) is 0 Å². The lowest BCUT2D eigenvalue weighted by atomic mass is 10.3. The van der Waals surface area contributed by atoms with Gasteiger partial charge < -0.3 is 9.84 Å². The molecule has 6 nitrogen and oxygen atoms in total. The molecule has 0 aliphatic heterocycles. The number of aromatic nitrogens is 4. The van der Waals surface area contributed by atoms with Gasteiger partial charge in [0.2, 0.25) is 5.65 Å². The first kappa shape index (κ1) is 10.5. The molecule has 0 saturated heterocycles. The van der Waals surface area contributed by atoms with E-state index in [2.05, 4.69) is 15.2 Å². The Hall–Kier alpha value is -2.63. The quantitative estimate of drug-likeness (QED) is 0.743. The fourth-order valence-electron chi connectivity index (χ4n) is 1.65. The third-order valence-electron chi connectivity index (χ3n) is 2.50. The summed E-state index contributed by atoms with van der Waals surface area (Å²) in [7, 11) is 0. The van der Waals surface area contributed by atoms with Crippen molar-refractivity contribution < 1.29 is 9.84 Å². The summed E-state index contributed by atoms with van der Waals surface area (Å²) in [5, 5.41) is 17.3. The molecule has 6 heteroatoms. The molecule has 0 saturated carbocycles. The van der Waals surface area contributed by atoms with Gasteiger partial charge in [0, 0.05) is 18.5 Å². The monoisotopic (exact) mass is 242 g/mol. The highest BCUT2D eigenvalue weighted by molar-refractivity contribution is 5.50. The maximum Gasteiger partial charge on any atom is 0.265 e. The lowest BCUT2D eigenvalue weighted by Crippen LogP contribution is -1.94. The molecule has 0 aliphatic rings. The average molecular weight is 242 g/mol. The number of hydrogen-bond donors (Lipinski definition) is 1. The van der Waals surface area contributed by atoms with Crippen LogP contribution in [0, 0.1) is 6.92 Å². The number of fused-ring (bicyclic) bond motifs is 1. The number of phenolic OH excluding ortho intramolecular Hbond substituents is 1. The second kappa shape index (κ2) is 3.99. The molecule has 0 unspecified atom stereocenters. The van der Waals surface area contributed by atoms with Gasteiger partial charge in [0.1, 0.15) is 17.3 Å². The van der Waals surface area contributed by atoms with Gasteiger partial charge in [-0.3, -0.25) is 4.40 Å². The van der Waals surface area contributed by atoms with Crippen molar-refractivity contribution in [3.8, 4) is 17.4 Å². The number of aryl methyl sites for hydroxylation is 1. The third-order valence-corrected chi connectivity index (χ3v) is 2.50. The SMILES string of the molecule is Cc1nnc2c(Oc3cccc(O)c3)nccn12. The Morgan fingerprint density at radius 3 is 3.00 bits per heavy atom. The van der Waals surface area contributed by atoms with E-state index in [-0.39, 0.29) is 5.75 Å². The molecule has 2 heterocycles. The second-order valence-corrected chi connectivity index (χ2v) is 3.77. The molecule has 1 N–H and O–H groups in total. The van der Waals surface area contributed by atoms with Crippen molar-refractivity contribution in [2.75, 3.05) is 0 Å². The van der Waals surface area contributed by atoms with Crippen LogP contribution in [0.5, 0.6) is 17.4 Å². The molecule has 2 aromatic heterocycles. The second-order valence-electron chi connectivity index (χ2n) is 3.77. The smallest absolute Gasteiger partial charge is 0.265 e. The first-order valence-electron chi connectivity index (χ1n) is 5.37. The van der Waals surface area contributed by atoms with Crippen LogP contribution in [0.15, 0.2) is 36.7 Å². The number of rotatable bonds is 2. The molecule has 0 radical (unpaired) electrons. The van der Waals surface area contributed by atoms with Crippen LogP contribution in [0.2, 0.25) is 0 Å². The predicted octanol–water partition coefficient (Wildman–Crippen LogP) is 1.93. The van der Waals surface area contributed by atoms with E-state index in [0.717, 1.165) is 5.82 Å². The zero-order valence-electron chi connectivity index (χ0n) is 9.61. The van der Waals surface area contributed by atoms with Gasteiger partial charge in [-0.2, -0.15) is 0 Å². The van der Waals surface area contributed by atoms with Crippen LogP contribution in [0.1, 0.15) is 5.82 Å². The molecule has 18 heavy (non-hydrogen) atoms. The summed E-state index contributed by atoms with van der Waals surface area (Å²) >= 11 is 0. The maximum atomic E-state index is 9.37. The third kappa shape index (κ3) is 1.73. The summed E-state index contributed by atoms with van der Waals surface area (Å²) in [6.45, 7) is 1.85. The predicted molar refractivity (Wildman–Crippen MR) is 63.7 cm³/mol. The number of ether oxygens (including phenoxy) is 1. The van der Waals surface area contributed by atoms with Crippen molar-refractivity contribution >= 4 is 5.65 Å². The number of hydrogen-bond acceptors (Lipinski definition) is 5. The van der Waals surface area contributed by atoms with Crippen LogP contribution in [0.3, 0.4) is 0 Å². The number of nitrogens with zero attached hydrogens (tertiary/aromatic N) is 4. The molecular formula is C12H10N4O2. The molecule has 1 aromatic carbocycles. The van der Waals surface area contributed by atoms with Gasteiger partial charge in [-0.1, -0.05) is 6.07 Å². The molecular weight excluding hydrogens is 232 g/mol. The Labute approximate surface area is 103 Å². The number of benzene rings is 1. The summed E-state index contributed by atoms with van der Waals surface area (Å²) in [5.41, 5.74) is 0.540. The van der Waals surface area contributed by atoms with Crippen LogP contribution in [0.25, 0.3) is 5.65 Å².